The van der Waals surface area contributed by atoms with Gasteiger partial charge < -0.3 is 15.4 Å². The number of methoxy groups -OCH3 is 1. The van der Waals surface area contributed by atoms with Gasteiger partial charge in [0.25, 0.3) is 0 Å². The number of rotatable bonds is 9. The lowest BCUT2D eigenvalue weighted by Gasteiger charge is -2.16. The number of carbonyl (C=O) groups excluding carboxylic acids is 1. The molecular weight excluding hydrogens is 264 g/mol. The molecule has 1 saturated carbocycles. The maximum atomic E-state index is 11.9. The Morgan fingerprint density at radius 3 is 2.58 bits per heavy atom. The Morgan fingerprint density at radius 1 is 1.26 bits per heavy atom. The molecule has 0 aromatic rings. The van der Waals surface area contributed by atoms with E-state index in [1.54, 1.807) is 7.11 Å². The predicted octanol–water partition coefficient (Wildman–Crippen LogP) is 1.98. The van der Waals surface area contributed by atoms with Crippen molar-refractivity contribution in [2.24, 2.45) is 11.8 Å². The van der Waals surface area contributed by atoms with Gasteiger partial charge in [-0.3, -0.25) is 4.79 Å². The summed E-state index contributed by atoms with van der Waals surface area (Å²) in [5, 5.41) is 6.21. The van der Waals surface area contributed by atoms with E-state index in [-0.39, 0.29) is 24.2 Å². The van der Waals surface area contributed by atoms with E-state index in [4.69, 9.17) is 4.74 Å². The number of hydrogen-bond acceptors (Lipinski definition) is 3. The SMILES string of the molecule is COCCNCCNC(=O)C(C)CC1CCCC1.Cl. The first-order valence-corrected chi connectivity index (χ1v) is 7.21. The summed E-state index contributed by atoms with van der Waals surface area (Å²) in [6, 6.07) is 0. The van der Waals surface area contributed by atoms with Crippen LogP contribution in [0.5, 0.6) is 0 Å². The van der Waals surface area contributed by atoms with Gasteiger partial charge in [-0.15, -0.1) is 12.4 Å². The smallest absolute Gasteiger partial charge is 0.222 e. The summed E-state index contributed by atoms with van der Waals surface area (Å²) >= 11 is 0. The van der Waals surface area contributed by atoms with Crippen LogP contribution in [0.1, 0.15) is 39.0 Å². The lowest BCUT2D eigenvalue weighted by atomic mass is 9.94. The first-order chi connectivity index (χ1) is 8.74. The molecule has 0 spiro atoms. The van der Waals surface area contributed by atoms with Crippen LogP contribution in [-0.2, 0) is 9.53 Å². The van der Waals surface area contributed by atoms with Crippen molar-refractivity contribution in [3.63, 3.8) is 0 Å². The molecule has 1 amide bonds. The van der Waals surface area contributed by atoms with Crippen LogP contribution in [0.25, 0.3) is 0 Å². The molecule has 0 heterocycles. The van der Waals surface area contributed by atoms with Crippen LogP contribution in [0.15, 0.2) is 0 Å². The molecule has 114 valence electrons. The number of hydrogen-bond donors (Lipinski definition) is 2. The fraction of sp³-hybridized carbons (Fsp3) is 0.929. The van der Waals surface area contributed by atoms with Crippen molar-refractivity contribution in [2.75, 3.05) is 33.4 Å². The van der Waals surface area contributed by atoms with Crippen molar-refractivity contribution in [2.45, 2.75) is 39.0 Å². The summed E-state index contributed by atoms with van der Waals surface area (Å²) in [5.74, 6) is 1.15. The number of ether oxygens (including phenoxy) is 1. The zero-order valence-electron chi connectivity index (χ0n) is 12.2. The number of nitrogens with one attached hydrogen (secondary N) is 2. The molecule has 0 saturated heterocycles. The van der Waals surface area contributed by atoms with E-state index in [1.807, 2.05) is 6.92 Å². The van der Waals surface area contributed by atoms with Crippen LogP contribution in [-0.4, -0.2) is 39.3 Å². The second-order valence-corrected chi connectivity index (χ2v) is 5.32. The van der Waals surface area contributed by atoms with E-state index in [9.17, 15) is 4.79 Å². The highest BCUT2D eigenvalue weighted by molar-refractivity contribution is 5.85. The maximum absolute atomic E-state index is 11.9. The summed E-state index contributed by atoms with van der Waals surface area (Å²) in [6.45, 7) is 5.12. The van der Waals surface area contributed by atoms with E-state index in [0.29, 0.717) is 13.2 Å². The maximum Gasteiger partial charge on any atom is 0.222 e. The molecule has 19 heavy (non-hydrogen) atoms. The monoisotopic (exact) mass is 292 g/mol. The second-order valence-electron chi connectivity index (χ2n) is 5.32. The average Bonchev–Trinajstić information content (AvgIpc) is 2.86. The average molecular weight is 293 g/mol. The topological polar surface area (TPSA) is 50.4 Å². The highest BCUT2D eigenvalue weighted by Gasteiger charge is 2.21. The Hall–Kier alpha value is -0.320. The Bertz CT molecular complexity index is 233. The molecule has 0 bridgehead atoms. The molecule has 2 N–H and O–H groups in total. The van der Waals surface area contributed by atoms with Gasteiger partial charge >= 0.3 is 0 Å². The van der Waals surface area contributed by atoms with Crippen LogP contribution in [0.3, 0.4) is 0 Å². The minimum absolute atomic E-state index is 0. The Kier molecular flexibility index (Phi) is 11.3. The standard InChI is InChI=1S/C14H28N2O2.ClH/c1-12(11-13-5-3-4-6-13)14(17)16-8-7-15-9-10-18-2;/h12-13,15H,3-11H2,1-2H3,(H,16,17);1H. The van der Waals surface area contributed by atoms with Crippen molar-refractivity contribution in [1.29, 1.82) is 0 Å². The zero-order chi connectivity index (χ0) is 13.2. The molecule has 1 fully saturated rings. The highest BCUT2D eigenvalue weighted by Crippen LogP contribution is 2.30. The molecule has 1 atom stereocenters. The minimum atomic E-state index is 0. The van der Waals surface area contributed by atoms with Crippen LogP contribution >= 0.6 is 12.4 Å². The van der Waals surface area contributed by atoms with Gasteiger partial charge in [0.15, 0.2) is 0 Å². The third-order valence-electron chi connectivity index (χ3n) is 3.69. The fourth-order valence-corrected chi connectivity index (χ4v) is 2.60. The highest BCUT2D eigenvalue weighted by atomic mass is 35.5. The lowest BCUT2D eigenvalue weighted by molar-refractivity contribution is -0.124. The van der Waals surface area contributed by atoms with Crippen LogP contribution < -0.4 is 10.6 Å². The van der Waals surface area contributed by atoms with E-state index in [0.717, 1.165) is 25.4 Å². The summed E-state index contributed by atoms with van der Waals surface area (Å²) in [6.07, 6.45) is 6.39. The molecule has 0 aliphatic heterocycles. The number of halogens is 1. The van der Waals surface area contributed by atoms with Gasteiger partial charge in [-0.25, -0.2) is 0 Å². The van der Waals surface area contributed by atoms with Gasteiger partial charge in [0.2, 0.25) is 5.91 Å². The fourth-order valence-electron chi connectivity index (χ4n) is 2.60. The van der Waals surface area contributed by atoms with E-state index in [1.165, 1.54) is 25.7 Å². The Labute approximate surface area is 123 Å². The van der Waals surface area contributed by atoms with Gasteiger partial charge in [0.05, 0.1) is 6.61 Å². The summed E-state index contributed by atoms with van der Waals surface area (Å²) < 4.78 is 4.93. The van der Waals surface area contributed by atoms with Gasteiger partial charge in [0.1, 0.15) is 0 Å². The molecule has 4 nitrogen and oxygen atoms in total. The normalized spacial score (nSPS) is 16.9. The largest absolute Gasteiger partial charge is 0.383 e. The van der Waals surface area contributed by atoms with Crippen molar-refractivity contribution in [3.05, 3.63) is 0 Å². The van der Waals surface area contributed by atoms with Crippen LogP contribution in [0, 0.1) is 11.8 Å². The molecule has 1 unspecified atom stereocenters. The van der Waals surface area contributed by atoms with E-state index < -0.39 is 0 Å². The molecule has 1 aliphatic rings. The summed E-state index contributed by atoms with van der Waals surface area (Å²) in [5.41, 5.74) is 0. The predicted molar refractivity (Wildman–Crippen MR) is 80.7 cm³/mol. The minimum Gasteiger partial charge on any atom is -0.383 e. The van der Waals surface area contributed by atoms with Gasteiger partial charge in [-0.1, -0.05) is 32.6 Å². The molecule has 0 radical (unpaired) electrons. The van der Waals surface area contributed by atoms with E-state index >= 15 is 0 Å². The lowest BCUT2D eigenvalue weighted by Crippen LogP contribution is -2.36. The second kappa shape index (κ2) is 11.5. The third kappa shape index (κ3) is 8.45. The van der Waals surface area contributed by atoms with Gasteiger partial charge in [-0.05, 0) is 12.3 Å². The van der Waals surface area contributed by atoms with Crippen molar-refractivity contribution in [3.8, 4) is 0 Å². The third-order valence-corrected chi connectivity index (χ3v) is 3.69. The molecule has 1 rings (SSSR count). The molecular formula is C14H29ClN2O2. The molecule has 0 aromatic carbocycles. The molecule has 1 aliphatic carbocycles. The van der Waals surface area contributed by atoms with Crippen LogP contribution in [0.2, 0.25) is 0 Å². The summed E-state index contributed by atoms with van der Waals surface area (Å²) in [4.78, 5) is 11.9. The first kappa shape index (κ1) is 18.7. The zero-order valence-corrected chi connectivity index (χ0v) is 13.1. The first-order valence-electron chi connectivity index (χ1n) is 7.21. The summed E-state index contributed by atoms with van der Waals surface area (Å²) in [7, 11) is 1.69. The molecule has 0 aromatic heterocycles. The van der Waals surface area contributed by atoms with Crippen molar-refractivity contribution < 1.29 is 9.53 Å². The van der Waals surface area contributed by atoms with E-state index in [2.05, 4.69) is 10.6 Å². The van der Waals surface area contributed by atoms with Gasteiger partial charge in [-0.2, -0.15) is 0 Å². The van der Waals surface area contributed by atoms with Gasteiger partial charge in [0, 0.05) is 32.7 Å². The van der Waals surface area contributed by atoms with Crippen molar-refractivity contribution >= 4 is 18.3 Å². The Morgan fingerprint density at radius 2 is 1.95 bits per heavy atom. The number of carbonyl (C=O) groups is 1. The van der Waals surface area contributed by atoms with Crippen molar-refractivity contribution in [1.82, 2.24) is 10.6 Å². The Balaban J connectivity index is 0.00000324. The quantitative estimate of drug-likeness (QED) is 0.639. The number of amides is 1. The molecule has 5 heteroatoms. The van der Waals surface area contributed by atoms with Crippen LogP contribution in [0.4, 0.5) is 0 Å².